The number of aryl methyl sites for hydroxylation is 1. The summed E-state index contributed by atoms with van der Waals surface area (Å²) >= 11 is 0. The van der Waals surface area contributed by atoms with Gasteiger partial charge in [-0.2, -0.15) is 0 Å². The first kappa shape index (κ1) is 12.4. The lowest BCUT2D eigenvalue weighted by atomic mass is 10.2. The van der Waals surface area contributed by atoms with Gasteiger partial charge in [-0.05, 0) is 31.4 Å². The Morgan fingerprint density at radius 3 is 2.71 bits per heavy atom. The molecule has 0 heterocycles. The third kappa shape index (κ3) is 3.72. The van der Waals surface area contributed by atoms with Gasteiger partial charge in [-0.3, -0.25) is 4.90 Å². The molecular formula is C14H21NO2. The van der Waals surface area contributed by atoms with Crippen LogP contribution in [0.3, 0.4) is 0 Å². The quantitative estimate of drug-likeness (QED) is 0.782. The molecule has 0 atom stereocenters. The summed E-state index contributed by atoms with van der Waals surface area (Å²) in [5.41, 5.74) is 1.17. The lowest BCUT2D eigenvalue weighted by Gasteiger charge is -2.21. The number of ether oxygens (including phenoxy) is 1. The molecule has 2 rings (SSSR count). The lowest BCUT2D eigenvalue weighted by molar-refractivity contribution is 0.162. The number of hydrogen-bond acceptors (Lipinski definition) is 3. The van der Waals surface area contributed by atoms with Gasteiger partial charge in [0.15, 0.2) is 0 Å². The first-order chi connectivity index (χ1) is 8.31. The maximum absolute atomic E-state index is 8.99. The molecule has 0 radical (unpaired) electrons. The van der Waals surface area contributed by atoms with E-state index < -0.39 is 0 Å². The Hall–Kier alpha value is -1.06. The van der Waals surface area contributed by atoms with Crippen LogP contribution in [0.1, 0.15) is 18.4 Å². The molecule has 94 valence electrons. The second kappa shape index (κ2) is 6.03. The van der Waals surface area contributed by atoms with Crippen LogP contribution < -0.4 is 4.74 Å². The summed E-state index contributed by atoms with van der Waals surface area (Å²) in [7, 11) is 0. The molecule has 1 aliphatic carbocycles. The molecule has 1 N–H and O–H groups in total. The smallest absolute Gasteiger partial charge is 0.122 e. The second-order valence-electron chi connectivity index (χ2n) is 4.60. The van der Waals surface area contributed by atoms with Crippen LogP contribution in [0.5, 0.6) is 5.75 Å². The van der Waals surface area contributed by atoms with Gasteiger partial charge in [0.05, 0.1) is 6.61 Å². The highest BCUT2D eigenvalue weighted by atomic mass is 16.5. The number of aliphatic hydroxyl groups excluding tert-OH is 1. The number of aliphatic hydroxyl groups is 1. The Balaban J connectivity index is 1.76. The Bertz CT molecular complexity index is 350. The van der Waals surface area contributed by atoms with E-state index in [0.717, 1.165) is 18.8 Å². The van der Waals surface area contributed by atoms with E-state index in [0.29, 0.717) is 12.6 Å². The van der Waals surface area contributed by atoms with Crippen LogP contribution in [0.2, 0.25) is 0 Å². The zero-order valence-corrected chi connectivity index (χ0v) is 10.4. The molecule has 0 saturated heterocycles. The van der Waals surface area contributed by atoms with Gasteiger partial charge in [0.2, 0.25) is 0 Å². The zero-order chi connectivity index (χ0) is 12.1. The summed E-state index contributed by atoms with van der Waals surface area (Å²) in [6, 6.07) is 8.76. The molecular weight excluding hydrogens is 214 g/mol. The van der Waals surface area contributed by atoms with Crippen LogP contribution in [0.4, 0.5) is 0 Å². The molecule has 1 aromatic carbocycles. The summed E-state index contributed by atoms with van der Waals surface area (Å²) in [6.07, 6.45) is 2.54. The predicted octanol–water partition coefficient (Wildman–Crippen LogP) is 1.83. The fourth-order valence-corrected chi connectivity index (χ4v) is 2.04. The average Bonchev–Trinajstić information content (AvgIpc) is 3.14. The Kier molecular flexibility index (Phi) is 4.40. The monoisotopic (exact) mass is 235 g/mol. The summed E-state index contributed by atoms with van der Waals surface area (Å²) in [6.45, 7) is 4.66. The van der Waals surface area contributed by atoms with Gasteiger partial charge < -0.3 is 9.84 Å². The van der Waals surface area contributed by atoms with Crippen molar-refractivity contribution in [2.24, 2.45) is 0 Å². The van der Waals surface area contributed by atoms with Crippen molar-refractivity contribution in [2.75, 3.05) is 26.3 Å². The highest BCUT2D eigenvalue weighted by Gasteiger charge is 2.28. The molecule has 0 aliphatic heterocycles. The standard InChI is InChI=1S/C14H21NO2/c1-12-4-2-3-5-14(12)17-11-9-15(8-10-16)13-6-7-13/h2-5,13,16H,6-11H2,1H3. The van der Waals surface area contributed by atoms with Crippen molar-refractivity contribution in [3.05, 3.63) is 29.8 Å². The number of benzene rings is 1. The van der Waals surface area contributed by atoms with Gasteiger partial charge in [-0.25, -0.2) is 0 Å². The maximum Gasteiger partial charge on any atom is 0.122 e. The number of nitrogens with zero attached hydrogens (tertiary/aromatic N) is 1. The van der Waals surface area contributed by atoms with Crippen LogP contribution in [0, 0.1) is 6.92 Å². The Morgan fingerprint density at radius 2 is 2.06 bits per heavy atom. The maximum atomic E-state index is 8.99. The minimum absolute atomic E-state index is 0.237. The second-order valence-corrected chi connectivity index (χ2v) is 4.60. The fourth-order valence-electron chi connectivity index (χ4n) is 2.04. The molecule has 17 heavy (non-hydrogen) atoms. The molecule has 0 spiro atoms. The zero-order valence-electron chi connectivity index (χ0n) is 10.4. The van der Waals surface area contributed by atoms with Crippen molar-refractivity contribution >= 4 is 0 Å². The van der Waals surface area contributed by atoms with E-state index in [-0.39, 0.29) is 6.61 Å². The van der Waals surface area contributed by atoms with Crippen molar-refractivity contribution in [3.8, 4) is 5.75 Å². The van der Waals surface area contributed by atoms with E-state index >= 15 is 0 Å². The molecule has 1 fully saturated rings. The average molecular weight is 235 g/mol. The largest absolute Gasteiger partial charge is 0.492 e. The third-order valence-corrected chi connectivity index (χ3v) is 3.18. The van der Waals surface area contributed by atoms with E-state index in [1.807, 2.05) is 18.2 Å². The van der Waals surface area contributed by atoms with Crippen molar-refractivity contribution in [2.45, 2.75) is 25.8 Å². The lowest BCUT2D eigenvalue weighted by Crippen LogP contribution is -2.33. The van der Waals surface area contributed by atoms with Gasteiger partial charge >= 0.3 is 0 Å². The number of rotatable bonds is 7. The molecule has 0 unspecified atom stereocenters. The van der Waals surface area contributed by atoms with Gasteiger partial charge in [0.1, 0.15) is 12.4 Å². The molecule has 0 bridgehead atoms. The van der Waals surface area contributed by atoms with Gasteiger partial charge in [-0.15, -0.1) is 0 Å². The van der Waals surface area contributed by atoms with E-state index in [4.69, 9.17) is 9.84 Å². The first-order valence-electron chi connectivity index (χ1n) is 6.34. The minimum atomic E-state index is 0.237. The molecule has 1 aliphatic rings. The SMILES string of the molecule is Cc1ccccc1OCCN(CCO)C1CC1. The van der Waals surface area contributed by atoms with Crippen molar-refractivity contribution in [3.63, 3.8) is 0 Å². The van der Waals surface area contributed by atoms with Crippen molar-refractivity contribution in [1.29, 1.82) is 0 Å². The predicted molar refractivity (Wildman–Crippen MR) is 68.4 cm³/mol. The molecule has 3 heteroatoms. The van der Waals surface area contributed by atoms with E-state index in [2.05, 4.69) is 17.9 Å². The molecule has 1 saturated carbocycles. The minimum Gasteiger partial charge on any atom is -0.492 e. The van der Waals surface area contributed by atoms with Crippen molar-refractivity contribution in [1.82, 2.24) is 4.90 Å². The van der Waals surface area contributed by atoms with Crippen LogP contribution >= 0.6 is 0 Å². The number of hydrogen-bond donors (Lipinski definition) is 1. The summed E-state index contributed by atoms with van der Waals surface area (Å²) < 4.78 is 5.77. The fraction of sp³-hybridized carbons (Fsp3) is 0.571. The third-order valence-electron chi connectivity index (χ3n) is 3.18. The molecule has 0 aromatic heterocycles. The van der Waals surface area contributed by atoms with Crippen LogP contribution in [-0.2, 0) is 0 Å². The van der Waals surface area contributed by atoms with E-state index in [1.165, 1.54) is 18.4 Å². The topological polar surface area (TPSA) is 32.7 Å². The van der Waals surface area contributed by atoms with E-state index in [1.54, 1.807) is 0 Å². The van der Waals surface area contributed by atoms with Gasteiger partial charge in [0, 0.05) is 19.1 Å². The van der Waals surface area contributed by atoms with Gasteiger partial charge in [0.25, 0.3) is 0 Å². The molecule has 0 amide bonds. The normalized spacial score (nSPS) is 15.2. The molecule has 1 aromatic rings. The summed E-state index contributed by atoms with van der Waals surface area (Å²) in [5, 5.41) is 8.99. The van der Waals surface area contributed by atoms with Crippen LogP contribution in [0.15, 0.2) is 24.3 Å². The van der Waals surface area contributed by atoms with E-state index in [9.17, 15) is 0 Å². The Morgan fingerprint density at radius 1 is 1.29 bits per heavy atom. The highest BCUT2D eigenvalue weighted by molar-refractivity contribution is 5.31. The highest BCUT2D eigenvalue weighted by Crippen LogP contribution is 2.26. The van der Waals surface area contributed by atoms with Crippen LogP contribution in [-0.4, -0.2) is 42.4 Å². The van der Waals surface area contributed by atoms with Crippen LogP contribution in [0.25, 0.3) is 0 Å². The first-order valence-corrected chi connectivity index (χ1v) is 6.34. The number of para-hydroxylation sites is 1. The molecule has 3 nitrogen and oxygen atoms in total. The van der Waals surface area contributed by atoms with Crippen molar-refractivity contribution < 1.29 is 9.84 Å². The summed E-state index contributed by atoms with van der Waals surface area (Å²) in [5.74, 6) is 0.965. The van der Waals surface area contributed by atoms with Gasteiger partial charge in [-0.1, -0.05) is 18.2 Å². The Labute approximate surface area is 103 Å². The summed E-state index contributed by atoms with van der Waals surface area (Å²) in [4.78, 5) is 2.32.